The van der Waals surface area contributed by atoms with E-state index in [-0.39, 0.29) is 5.41 Å². The number of carboxylic acid groups (broad SMARTS) is 1. The average Bonchev–Trinajstić information content (AvgIpc) is 2.25. The minimum Gasteiger partial charge on any atom is -0.496 e. The van der Waals surface area contributed by atoms with Crippen LogP contribution >= 0.6 is 11.6 Å². The summed E-state index contributed by atoms with van der Waals surface area (Å²) in [7, 11) is 1.61. The number of rotatable bonds is 3. The number of carboxylic acids is 1. The first-order chi connectivity index (χ1) is 8.18. The highest BCUT2D eigenvalue weighted by Crippen LogP contribution is 2.36. The molecular weight excluding hydrogens is 252 g/mol. The lowest BCUT2D eigenvalue weighted by molar-refractivity contribution is -0.136. The molecule has 3 nitrogen and oxygen atoms in total. The van der Waals surface area contributed by atoms with E-state index in [1.54, 1.807) is 7.11 Å². The van der Waals surface area contributed by atoms with Crippen LogP contribution < -0.4 is 4.74 Å². The zero-order valence-electron chi connectivity index (χ0n) is 11.4. The van der Waals surface area contributed by atoms with Crippen LogP contribution in [0.5, 0.6) is 5.75 Å². The summed E-state index contributed by atoms with van der Waals surface area (Å²) in [6, 6.07) is 3.67. The topological polar surface area (TPSA) is 46.5 Å². The SMILES string of the molecule is COc1cc(C)c(C(Cl)C(=O)O)cc1C(C)(C)C. The van der Waals surface area contributed by atoms with Gasteiger partial charge in [0.25, 0.3) is 0 Å². The molecule has 0 saturated carbocycles. The molecule has 0 heterocycles. The van der Waals surface area contributed by atoms with Crippen molar-refractivity contribution in [2.24, 2.45) is 0 Å². The van der Waals surface area contributed by atoms with Crippen LogP contribution in [0.25, 0.3) is 0 Å². The number of hydrogen-bond donors (Lipinski definition) is 1. The summed E-state index contributed by atoms with van der Waals surface area (Å²) in [5.41, 5.74) is 2.26. The number of carbonyl (C=O) groups is 1. The van der Waals surface area contributed by atoms with E-state index in [2.05, 4.69) is 0 Å². The van der Waals surface area contributed by atoms with E-state index in [0.29, 0.717) is 5.56 Å². The molecule has 1 atom stereocenters. The van der Waals surface area contributed by atoms with Gasteiger partial charge in [0, 0.05) is 0 Å². The van der Waals surface area contributed by atoms with Crippen LogP contribution in [0.3, 0.4) is 0 Å². The Balaban J connectivity index is 3.44. The zero-order valence-corrected chi connectivity index (χ0v) is 12.1. The number of aryl methyl sites for hydroxylation is 1. The van der Waals surface area contributed by atoms with Gasteiger partial charge >= 0.3 is 5.97 Å². The molecule has 1 rings (SSSR count). The number of methoxy groups -OCH3 is 1. The van der Waals surface area contributed by atoms with Crippen LogP contribution in [-0.2, 0) is 10.2 Å². The van der Waals surface area contributed by atoms with Gasteiger partial charge in [0.15, 0.2) is 5.38 Å². The molecule has 1 N–H and O–H groups in total. The Hall–Kier alpha value is -1.22. The van der Waals surface area contributed by atoms with Gasteiger partial charge in [0.05, 0.1) is 7.11 Å². The quantitative estimate of drug-likeness (QED) is 0.853. The van der Waals surface area contributed by atoms with Crippen molar-refractivity contribution in [1.29, 1.82) is 0 Å². The molecule has 0 radical (unpaired) electrons. The normalized spacial score (nSPS) is 13.2. The fourth-order valence-electron chi connectivity index (χ4n) is 1.86. The van der Waals surface area contributed by atoms with Crippen LogP contribution in [0.15, 0.2) is 12.1 Å². The van der Waals surface area contributed by atoms with Gasteiger partial charge in [-0.1, -0.05) is 20.8 Å². The molecule has 0 spiro atoms. The maximum atomic E-state index is 11.0. The monoisotopic (exact) mass is 270 g/mol. The highest BCUT2D eigenvalue weighted by atomic mass is 35.5. The smallest absolute Gasteiger partial charge is 0.326 e. The van der Waals surface area contributed by atoms with Gasteiger partial charge in [-0.3, -0.25) is 4.79 Å². The molecule has 0 aliphatic rings. The van der Waals surface area contributed by atoms with Gasteiger partial charge < -0.3 is 9.84 Å². The van der Waals surface area contributed by atoms with Crippen molar-refractivity contribution in [2.75, 3.05) is 7.11 Å². The van der Waals surface area contributed by atoms with Crippen molar-refractivity contribution >= 4 is 17.6 Å². The van der Waals surface area contributed by atoms with Crippen LogP contribution in [0, 0.1) is 6.92 Å². The number of alkyl halides is 1. The van der Waals surface area contributed by atoms with E-state index < -0.39 is 11.3 Å². The van der Waals surface area contributed by atoms with E-state index in [9.17, 15) is 4.79 Å². The summed E-state index contributed by atoms with van der Waals surface area (Å²) in [5.74, 6) is -0.275. The van der Waals surface area contributed by atoms with Crippen LogP contribution in [0.2, 0.25) is 0 Å². The first-order valence-electron chi connectivity index (χ1n) is 5.74. The zero-order chi connectivity index (χ0) is 14.1. The number of halogens is 1. The van der Waals surface area contributed by atoms with E-state index in [0.717, 1.165) is 16.9 Å². The third kappa shape index (κ3) is 2.96. The molecule has 0 aromatic heterocycles. The first kappa shape index (κ1) is 14.8. The minimum atomic E-state index is -1.04. The maximum absolute atomic E-state index is 11.0. The van der Waals surface area contributed by atoms with E-state index in [4.69, 9.17) is 21.4 Å². The highest BCUT2D eigenvalue weighted by molar-refractivity contribution is 6.29. The van der Waals surface area contributed by atoms with Crippen LogP contribution in [-0.4, -0.2) is 18.2 Å². The first-order valence-corrected chi connectivity index (χ1v) is 6.18. The molecule has 0 bridgehead atoms. The second kappa shape index (κ2) is 5.19. The summed E-state index contributed by atoms with van der Waals surface area (Å²) in [5, 5.41) is 7.99. The molecule has 1 aromatic carbocycles. The lowest BCUT2D eigenvalue weighted by atomic mass is 9.84. The highest BCUT2D eigenvalue weighted by Gasteiger charge is 2.25. The number of ether oxygens (including phenoxy) is 1. The molecule has 18 heavy (non-hydrogen) atoms. The standard InChI is InChI=1S/C14H19ClO3/c1-8-6-11(18-5)10(14(2,3)4)7-9(8)12(15)13(16)17/h6-7,12H,1-5H3,(H,16,17). The summed E-state index contributed by atoms with van der Waals surface area (Å²) in [4.78, 5) is 11.0. The van der Waals surface area contributed by atoms with Crippen LogP contribution in [0.1, 0.15) is 42.8 Å². The molecule has 0 aliphatic heterocycles. The van der Waals surface area contributed by atoms with Crippen molar-refractivity contribution < 1.29 is 14.6 Å². The van der Waals surface area contributed by atoms with Gasteiger partial charge in [0.2, 0.25) is 0 Å². The van der Waals surface area contributed by atoms with E-state index >= 15 is 0 Å². The molecule has 1 aromatic rings. The molecule has 0 fully saturated rings. The molecule has 0 amide bonds. The van der Waals surface area contributed by atoms with Gasteiger partial charge in [0.1, 0.15) is 5.75 Å². The Morgan fingerprint density at radius 2 is 1.94 bits per heavy atom. The third-order valence-corrected chi connectivity index (χ3v) is 3.31. The lowest BCUT2D eigenvalue weighted by Crippen LogP contribution is -2.15. The Morgan fingerprint density at radius 1 is 1.39 bits per heavy atom. The predicted octanol–water partition coefficient (Wildman–Crippen LogP) is 3.67. The van der Waals surface area contributed by atoms with Crippen molar-refractivity contribution in [2.45, 2.75) is 38.5 Å². The van der Waals surface area contributed by atoms with Gasteiger partial charge in [-0.05, 0) is 41.2 Å². The second-order valence-electron chi connectivity index (χ2n) is 5.36. The van der Waals surface area contributed by atoms with Crippen molar-refractivity contribution in [3.63, 3.8) is 0 Å². The second-order valence-corrected chi connectivity index (χ2v) is 5.80. The Labute approximate surface area is 113 Å². The summed E-state index contributed by atoms with van der Waals surface area (Å²) in [6.07, 6.45) is 0. The minimum absolute atomic E-state index is 0.136. The van der Waals surface area contributed by atoms with Crippen LogP contribution in [0.4, 0.5) is 0 Å². The molecular formula is C14H19ClO3. The Bertz CT molecular complexity index is 461. The predicted molar refractivity (Wildman–Crippen MR) is 72.7 cm³/mol. The summed E-state index contributed by atoms with van der Waals surface area (Å²) in [6.45, 7) is 7.98. The maximum Gasteiger partial charge on any atom is 0.326 e. The fourth-order valence-corrected chi connectivity index (χ4v) is 2.09. The van der Waals surface area contributed by atoms with Crippen molar-refractivity contribution in [3.05, 3.63) is 28.8 Å². The molecule has 4 heteroatoms. The number of aliphatic carboxylic acids is 1. The average molecular weight is 271 g/mol. The molecule has 0 saturated heterocycles. The van der Waals surface area contributed by atoms with E-state index in [1.165, 1.54) is 0 Å². The molecule has 100 valence electrons. The Morgan fingerprint density at radius 3 is 2.33 bits per heavy atom. The fraction of sp³-hybridized carbons (Fsp3) is 0.500. The van der Waals surface area contributed by atoms with Crippen molar-refractivity contribution in [3.8, 4) is 5.75 Å². The molecule has 1 unspecified atom stereocenters. The number of benzene rings is 1. The lowest BCUT2D eigenvalue weighted by Gasteiger charge is -2.24. The van der Waals surface area contributed by atoms with Crippen molar-refractivity contribution in [1.82, 2.24) is 0 Å². The summed E-state index contributed by atoms with van der Waals surface area (Å²) < 4.78 is 5.36. The molecule has 0 aliphatic carbocycles. The van der Waals surface area contributed by atoms with Gasteiger partial charge in [-0.15, -0.1) is 11.6 Å². The largest absolute Gasteiger partial charge is 0.496 e. The summed E-state index contributed by atoms with van der Waals surface area (Å²) >= 11 is 5.92. The van der Waals surface area contributed by atoms with Gasteiger partial charge in [-0.2, -0.15) is 0 Å². The number of hydrogen-bond acceptors (Lipinski definition) is 2. The van der Waals surface area contributed by atoms with Gasteiger partial charge in [-0.25, -0.2) is 0 Å². The Kier molecular flexibility index (Phi) is 4.28. The third-order valence-electron chi connectivity index (χ3n) is 2.89. The van der Waals surface area contributed by atoms with E-state index in [1.807, 2.05) is 39.8 Å².